The van der Waals surface area contributed by atoms with Crippen molar-refractivity contribution < 1.29 is 4.79 Å². The molecular formula is C18H16ClN3OS. The number of anilines is 2. The molecule has 0 radical (unpaired) electrons. The van der Waals surface area contributed by atoms with Crippen LogP contribution >= 0.6 is 22.9 Å². The van der Waals surface area contributed by atoms with Crippen LogP contribution in [0.25, 0.3) is 11.3 Å². The quantitative estimate of drug-likeness (QED) is 0.629. The van der Waals surface area contributed by atoms with E-state index < -0.39 is 0 Å². The molecule has 2 N–H and O–H groups in total. The average molecular weight is 358 g/mol. The molecule has 3 aromatic rings. The highest BCUT2D eigenvalue weighted by molar-refractivity contribution is 7.14. The number of carbonyl (C=O) groups is 1. The van der Waals surface area contributed by atoms with Crippen LogP contribution in [0.1, 0.15) is 11.1 Å². The molecule has 0 atom stereocenters. The number of carbonyl (C=O) groups excluding carboxylic acids is 1. The number of thiazole rings is 1. The molecule has 0 fully saturated rings. The summed E-state index contributed by atoms with van der Waals surface area (Å²) < 4.78 is 0. The number of urea groups is 1. The molecule has 6 heteroatoms. The van der Waals surface area contributed by atoms with E-state index in [1.165, 1.54) is 22.5 Å². The van der Waals surface area contributed by atoms with Crippen molar-refractivity contribution >= 4 is 39.8 Å². The molecule has 0 aliphatic rings. The highest BCUT2D eigenvalue weighted by Gasteiger charge is 2.09. The van der Waals surface area contributed by atoms with Crippen LogP contribution in [0, 0.1) is 13.8 Å². The lowest BCUT2D eigenvalue weighted by molar-refractivity contribution is 0.262. The van der Waals surface area contributed by atoms with E-state index in [2.05, 4.69) is 41.6 Å². The van der Waals surface area contributed by atoms with Gasteiger partial charge in [0.05, 0.1) is 5.69 Å². The van der Waals surface area contributed by atoms with Crippen LogP contribution in [0.15, 0.2) is 47.8 Å². The maximum atomic E-state index is 12.0. The first-order chi connectivity index (χ1) is 11.5. The Balaban J connectivity index is 1.69. The number of aryl methyl sites for hydroxylation is 2. The number of nitrogens with one attached hydrogen (secondary N) is 2. The fourth-order valence-corrected chi connectivity index (χ4v) is 3.10. The highest BCUT2D eigenvalue weighted by atomic mass is 35.5. The number of halogens is 1. The van der Waals surface area contributed by atoms with Crippen LogP contribution < -0.4 is 10.6 Å². The van der Waals surface area contributed by atoms with Gasteiger partial charge < -0.3 is 5.32 Å². The fourth-order valence-electron chi connectivity index (χ4n) is 2.19. The van der Waals surface area contributed by atoms with Crippen molar-refractivity contribution in [3.05, 3.63) is 64.0 Å². The van der Waals surface area contributed by atoms with Gasteiger partial charge in [0.25, 0.3) is 0 Å². The Bertz CT molecular complexity index is 891. The van der Waals surface area contributed by atoms with E-state index in [4.69, 9.17) is 11.6 Å². The number of rotatable bonds is 3. The van der Waals surface area contributed by atoms with Gasteiger partial charge in [-0.15, -0.1) is 11.3 Å². The third-order valence-electron chi connectivity index (χ3n) is 3.61. The van der Waals surface area contributed by atoms with Gasteiger partial charge in [0.1, 0.15) is 0 Å². The molecule has 1 heterocycles. The predicted molar refractivity (Wildman–Crippen MR) is 101 cm³/mol. The van der Waals surface area contributed by atoms with E-state index in [1.54, 1.807) is 24.3 Å². The van der Waals surface area contributed by atoms with Gasteiger partial charge >= 0.3 is 6.03 Å². The lowest BCUT2D eigenvalue weighted by atomic mass is 10.1. The van der Waals surface area contributed by atoms with Crippen LogP contribution in [0.2, 0.25) is 5.02 Å². The molecule has 2 amide bonds. The summed E-state index contributed by atoms with van der Waals surface area (Å²) in [5, 5.41) is 8.51. The number of amides is 2. The van der Waals surface area contributed by atoms with E-state index in [1.807, 2.05) is 11.4 Å². The zero-order chi connectivity index (χ0) is 17.1. The van der Waals surface area contributed by atoms with Crippen molar-refractivity contribution in [2.45, 2.75) is 13.8 Å². The summed E-state index contributed by atoms with van der Waals surface area (Å²) in [4.78, 5) is 16.5. The van der Waals surface area contributed by atoms with Crippen molar-refractivity contribution in [2.75, 3.05) is 10.6 Å². The molecular weight excluding hydrogens is 342 g/mol. The highest BCUT2D eigenvalue weighted by Crippen LogP contribution is 2.26. The molecule has 0 saturated carbocycles. The number of nitrogens with zero attached hydrogens (tertiary/aromatic N) is 1. The lowest BCUT2D eigenvalue weighted by Gasteiger charge is -2.05. The largest absolute Gasteiger partial charge is 0.325 e. The molecule has 0 saturated heterocycles. The molecule has 0 bridgehead atoms. The van der Waals surface area contributed by atoms with E-state index in [-0.39, 0.29) is 6.03 Å². The summed E-state index contributed by atoms with van der Waals surface area (Å²) in [6.45, 7) is 4.15. The molecule has 0 aliphatic heterocycles. The van der Waals surface area contributed by atoms with Gasteiger partial charge in [0.15, 0.2) is 5.13 Å². The number of hydrogen-bond acceptors (Lipinski definition) is 3. The van der Waals surface area contributed by atoms with Crippen LogP contribution in [0.4, 0.5) is 15.6 Å². The van der Waals surface area contributed by atoms with Crippen molar-refractivity contribution in [1.82, 2.24) is 4.98 Å². The summed E-state index contributed by atoms with van der Waals surface area (Å²) in [6, 6.07) is 12.8. The van der Waals surface area contributed by atoms with Crippen molar-refractivity contribution in [2.24, 2.45) is 0 Å². The van der Waals surface area contributed by atoms with E-state index in [0.29, 0.717) is 15.8 Å². The van der Waals surface area contributed by atoms with Crippen molar-refractivity contribution in [3.63, 3.8) is 0 Å². The van der Waals surface area contributed by atoms with Gasteiger partial charge in [0, 0.05) is 21.7 Å². The van der Waals surface area contributed by atoms with Crippen LogP contribution in [-0.2, 0) is 0 Å². The Labute approximate surface area is 149 Å². The predicted octanol–water partition coefficient (Wildman–Crippen LogP) is 5.72. The van der Waals surface area contributed by atoms with Crippen LogP contribution in [0.3, 0.4) is 0 Å². The topological polar surface area (TPSA) is 54.0 Å². The SMILES string of the molecule is Cc1ccc(-c2csc(NC(=O)Nc3cccc(Cl)c3)n2)cc1C. The zero-order valence-electron chi connectivity index (χ0n) is 13.3. The van der Waals surface area contributed by atoms with Gasteiger partial charge in [-0.1, -0.05) is 29.8 Å². The minimum absolute atomic E-state index is 0.349. The van der Waals surface area contributed by atoms with Crippen molar-refractivity contribution in [1.29, 1.82) is 0 Å². The average Bonchev–Trinajstić information content (AvgIpc) is 2.98. The first kappa shape index (κ1) is 16.5. The Morgan fingerprint density at radius 2 is 1.92 bits per heavy atom. The first-order valence-electron chi connectivity index (χ1n) is 7.38. The molecule has 2 aromatic carbocycles. The third-order valence-corrected chi connectivity index (χ3v) is 4.60. The Morgan fingerprint density at radius 3 is 2.67 bits per heavy atom. The number of aromatic nitrogens is 1. The minimum Gasteiger partial charge on any atom is -0.308 e. The van der Waals surface area contributed by atoms with Crippen LogP contribution in [-0.4, -0.2) is 11.0 Å². The second kappa shape index (κ2) is 7.03. The number of benzene rings is 2. The fraction of sp³-hybridized carbons (Fsp3) is 0.111. The maximum absolute atomic E-state index is 12.0. The Kier molecular flexibility index (Phi) is 4.83. The summed E-state index contributed by atoms with van der Waals surface area (Å²) in [5.74, 6) is 0. The molecule has 4 nitrogen and oxygen atoms in total. The summed E-state index contributed by atoms with van der Waals surface area (Å²) in [6.07, 6.45) is 0. The molecule has 3 rings (SSSR count). The molecule has 0 spiro atoms. The van der Waals surface area contributed by atoms with E-state index in [0.717, 1.165) is 11.3 Å². The molecule has 0 aliphatic carbocycles. The minimum atomic E-state index is -0.349. The number of hydrogen-bond donors (Lipinski definition) is 2. The van der Waals surface area contributed by atoms with Gasteiger partial charge in [-0.05, 0) is 49.2 Å². The van der Waals surface area contributed by atoms with Gasteiger partial charge in [0.2, 0.25) is 0 Å². The first-order valence-corrected chi connectivity index (χ1v) is 8.64. The molecule has 0 unspecified atom stereocenters. The van der Waals surface area contributed by atoms with Gasteiger partial charge in [-0.25, -0.2) is 9.78 Å². The summed E-state index contributed by atoms with van der Waals surface area (Å²) in [7, 11) is 0. The summed E-state index contributed by atoms with van der Waals surface area (Å²) >= 11 is 7.29. The maximum Gasteiger partial charge on any atom is 0.325 e. The monoisotopic (exact) mass is 357 g/mol. The Morgan fingerprint density at radius 1 is 1.08 bits per heavy atom. The second-order valence-electron chi connectivity index (χ2n) is 5.43. The molecule has 1 aromatic heterocycles. The van der Waals surface area contributed by atoms with Gasteiger partial charge in [-0.3, -0.25) is 5.32 Å². The lowest BCUT2D eigenvalue weighted by Crippen LogP contribution is -2.19. The molecule has 24 heavy (non-hydrogen) atoms. The normalized spacial score (nSPS) is 10.5. The van der Waals surface area contributed by atoms with Crippen molar-refractivity contribution in [3.8, 4) is 11.3 Å². The molecule has 122 valence electrons. The smallest absolute Gasteiger partial charge is 0.308 e. The summed E-state index contributed by atoms with van der Waals surface area (Å²) in [5.41, 5.74) is 4.98. The standard InChI is InChI=1S/C18H16ClN3OS/c1-11-6-7-13(8-12(11)2)16-10-24-18(21-16)22-17(23)20-15-5-3-4-14(19)9-15/h3-10H,1-2H3,(H2,20,21,22,23). The van der Waals surface area contributed by atoms with Crippen LogP contribution in [0.5, 0.6) is 0 Å². The Hall–Kier alpha value is -2.37. The van der Waals surface area contributed by atoms with E-state index in [9.17, 15) is 4.79 Å². The zero-order valence-corrected chi connectivity index (χ0v) is 14.8. The van der Waals surface area contributed by atoms with Gasteiger partial charge in [-0.2, -0.15) is 0 Å². The van der Waals surface area contributed by atoms with E-state index >= 15 is 0 Å². The third kappa shape index (κ3) is 3.93. The second-order valence-corrected chi connectivity index (χ2v) is 6.72.